The summed E-state index contributed by atoms with van der Waals surface area (Å²) in [4.78, 5) is 25.4. The molecule has 2 N–H and O–H groups in total. The number of aliphatic carboxylic acids is 1. The minimum Gasteiger partial charge on any atom is -0.481 e. The smallest absolute Gasteiger partial charge is 0.317 e. The first-order chi connectivity index (χ1) is 9.57. The molecule has 1 saturated carbocycles. The highest BCUT2D eigenvalue weighted by Crippen LogP contribution is 2.35. The van der Waals surface area contributed by atoms with Gasteiger partial charge in [0.1, 0.15) is 0 Å². The molecule has 1 aliphatic heterocycles. The van der Waals surface area contributed by atoms with Crippen molar-refractivity contribution in [2.45, 2.75) is 51.9 Å². The number of nitrogens with one attached hydrogen (secondary N) is 1. The molecule has 0 spiro atoms. The molecule has 5 heteroatoms. The van der Waals surface area contributed by atoms with Crippen molar-refractivity contribution in [3.8, 4) is 0 Å². The second-order valence-electron chi connectivity index (χ2n) is 6.32. The Hall–Kier alpha value is -1.26. The van der Waals surface area contributed by atoms with Crippen LogP contribution >= 0.6 is 0 Å². The highest BCUT2D eigenvalue weighted by molar-refractivity contribution is 5.78. The van der Waals surface area contributed by atoms with E-state index in [1.165, 1.54) is 12.8 Å². The third kappa shape index (κ3) is 3.64. The zero-order valence-electron chi connectivity index (χ0n) is 12.4. The Kier molecular flexibility index (Phi) is 4.89. The van der Waals surface area contributed by atoms with Crippen molar-refractivity contribution in [3.63, 3.8) is 0 Å². The fraction of sp³-hybridized carbons (Fsp3) is 0.867. The van der Waals surface area contributed by atoms with Gasteiger partial charge in [-0.1, -0.05) is 26.2 Å². The summed E-state index contributed by atoms with van der Waals surface area (Å²) < 4.78 is 0. The van der Waals surface area contributed by atoms with Crippen LogP contribution in [0.25, 0.3) is 0 Å². The monoisotopic (exact) mass is 282 g/mol. The van der Waals surface area contributed by atoms with Crippen LogP contribution in [0.4, 0.5) is 4.79 Å². The Bertz CT molecular complexity index is 364. The summed E-state index contributed by atoms with van der Waals surface area (Å²) in [6.45, 7) is 3.74. The maximum Gasteiger partial charge on any atom is 0.317 e. The molecule has 0 aromatic carbocycles. The SMILES string of the molecule is CCCC1(C(=O)O)CCCN(C(=O)NCCC2CC2)C1. The quantitative estimate of drug-likeness (QED) is 0.786. The summed E-state index contributed by atoms with van der Waals surface area (Å²) in [5, 5.41) is 12.5. The molecule has 1 saturated heterocycles. The lowest BCUT2D eigenvalue weighted by Crippen LogP contribution is -2.52. The third-order valence-electron chi connectivity index (χ3n) is 4.57. The fourth-order valence-electron chi connectivity index (χ4n) is 3.17. The van der Waals surface area contributed by atoms with Crippen LogP contribution in [0, 0.1) is 11.3 Å². The molecule has 5 nitrogen and oxygen atoms in total. The van der Waals surface area contributed by atoms with Gasteiger partial charge in [-0.15, -0.1) is 0 Å². The van der Waals surface area contributed by atoms with Gasteiger partial charge in [-0.25, -0.2) is 4.79 Å². The number of carbonyl (C=O) groups excluding carboxylic acids is 1. The Labute approximate surface area is 120 Å². The number of carboxylic acid groups (broad SMARTS) is 1. The van der Waals surface area contributed by atoms with Gasteiger partial charge in [0, 0.05) is 19.6 Å². The van der Waals surface area contributed by atoms with E-state index in [-0.39, 0.29) is 6.03 Å². The molecule has 0 aromatic heterocycles. The molecule has 1 atom stereocenters. The van der Waals surface area contributed by atoms with Crippen LogP contribution in [0.15, 0.2) is 0 Å². The predicted molar refractivity (Wildman–Crippen MR) is 76.5 cm³/mol. The Morgan fingerprint density at radius 2 is 2.15 bits per heavy atom. The van der Waals surface area contributed by atoms with Crippen molar-refractivity contribution in [1.82, 2.24) is 10.2 Å². The lowest BCUT2D eigenvalue weighted by molar-refractivity contribution is -0.152. The molecule has 114 valence electrons. The number of hydrogen-bond acceptors (Lipinski definition) is 2. The van der Waals surface area contributed by atoms with Crippen LogP contribution in [0.1, 0.15) is 51.9 Å². The summed E-state index contributed by atoms with van der Waals surface area (Å²) in [5.41, 5.74) is -0.735. The fourth-order valence-corrected chi connectivity index (χ4v) is 3.17. The number of hydrogen-bond donors (Lipinski definition) is 2. The van der Waals surface area contributed by atoms with E-state index in [1.54, 1.807) is 4.90 Å². The summed E-state index contributed by atoms with van der Waals surface area (Å²) in [7, 11) is 0. The Balaban J connectivity index is 1.86. The van der Waals surface area contributed by atoms with E-state index in [4.69, 9.17) is 0 Å². The average Bonchev–Trinajstić information content (AvgIpc) is 3.23. The predicted octanol–water partition coefficient (Wildman–Crippen LogP) is 2.46. The average molecular weight is 282 g/mol. The number of nitrogens with zero attached hydrogens (tertiary/aromatic N) is 1. The van der Waals surface area contributed by atoms with Crippen LogP contribution in [0.2, 0.25) is 0 Å². The molecule has 0 radical (unpaired) electrons. The zero-order valence-corrected chi connectivity index (χ0v) is 12.4. The molecule has 20 heavy (non-hydrogen) atoms. The van der Waals surface area contributed by atoms with Gasteiger partial charge in [0.15, 0.2) is 0 Å². The minimum atomic E-state index is -0.755. The number of piperidine rings is 1. The van der Waals surface area contributed by atoms with E-state index in [0.29, 0.717) is 32.5 Å². The minimum absolute atomic E-state index is 0.0907. The number of amides is 2. The summed E-state index contributed by atoms with van der Waals surface area (Å²) >= 11 is 0. The number of carbonyl (C=O) groups is 2. The standard InChI is InChI=1S/C15H26N2O3/c1-2-7-15(13(18)19)8-3-10-17(11-15)14(20)16-9-6-12-4-5-12/h12H,2-11H2,1H3,(H,16,20)(H,18,19). The van der Waals surface area contributed by atoms with Gasteiger partial charge < -0.3 is 15.3 Å². The van der Waals surface area contributed by atoms with E-state index in [9.17, 15) is 14.7 Å². The molecule has 2 fully saturated rings. The van der Waals surface area contributed by atoms with Gasteiger partial charge >= 0.3 is 12.0 Å². The van der Waals surface area contributed by atoms with Crippen molar-refractivity contribution in [3.05, 3.63) is 0 Å². The number of carboxylic acids is 1. The van der Waals surface area contributed by atoms with E-state index < -0.39 is 11.4 Å². The molecule has 2 amide bonds. The molecule has 2 rings (SSSR count). The van der Waals surface area contributed by atoms with Crippen LogP contribution in [-0.2, 0) is 4.79 Å². The van der Waals surface area contributed by atoms with E-state index >= 15 is 0 Å². The molecule has 1 heterocycles. The van der Waals surface area contributed by atoms with Gasteiger partial charge in [-0.3, -0.25) is 4.79 Å². The van der Waals surface area contributed by atoms with Gasteiger partial charge in [-0.05, 0) is 31.6 Å². The normalized spacial score (nSPS) is 26.4. The topological polar surface area (TPSA) is 69.6 Å². The molecule has 0 aromatic rings. The first kappa shape index (κ1) is 15.1. The first-order valence-electron chi connectivity index (χ1n) is 7.83. The van der Waals surface area contributed by atoms with Crippen LogP contribution < -0.4 is 5.32 Å². The van der Waals surface area contributed by atoms with Gasteiger partial charge in [0.2, 0.25) is 0 Å². The van der Waals surface area contributed by atoms with Gasteiger partial charge in [0.25, 0.3) is 0 Å². The van der Waals surface area contributed by atoms with Crippen molar-refractivity contribution in [2.24, 2.45) is 11.3 Å². The zero-order chi connectivity index (χ0) is 14.6. The summed E-state index contributed by atoms with van der Waals surface area (Å²) in [6, 6.07) is -0.0907. The number of likely N-dealkylation sites (tertiary alicyclic amines) is 1. The maximum absolute atomic E-state index is 12.1. The van der Waals surface area contributed by atoms with Crippen LogP contribution in [0.5, 0.6) is 0 Å². The van der Waals surface area contributed by atoms with Crippen molar-refractivity contribution >= 4 is 12.0 Å². The molecule has 1 aliphatic carbocycles. The Morgan fingerprint density at radius 3 is 2.75 bits per heavy atom. The first-order valence-corrected chi connectivity index (χ1v) is 7.83. The lowest BCUT2D eigenvalue weighted by Gasteiger charge is -2.39. The van der Waals surface area contributed by atoms with E-state index in [2.05, 4.69) is 5.32 Å². The summed E-state index contributed by atoms with van der Waals surface area (Å²) in [5.74, 6) is 0.0460. The van der Waals surface area contributed by atoms with Crippen molar-refractivity contribution in [1.29, 1.82) is 0 Å². The second kappa shape index (κ2) is 6.46. The van der Waals surface area contributed by atoms with Crippen molar-refractivity contribution in [2.75, 3.05) is 19.6 Å². The molecular weight excluding hydrogens is 256 g/mol. The Morgan fingerprint density at radius 1 is 1.40 bits per heavy atom. The van der Waals surface area contributed by atoms with Crippen LogP contribution in [-0.4, -0.2) is 41.6 Å². The lowest BCUT2D eigenvalue weighted by atomic mass is 9.76. The van der Waals surface area contributed by atoms with Crippen LogP contribution in [0.3, 0.4) is 0 Å². The third-order valence-corrected chi connectivity index (χ3v) is 4.57. The molecule has 0 bridgehead atoms. The van der Waals surface area contributed by atoms with Gasteiger partial charge in [-0.2, -0.15) is 0 Å². The highest BCUT2D eigenvalue weighted by atomic mass is 16.4. The van der Waals surface area contributed by atoms with Crippen molar-refractivity contribution < 1.29 is 14.7 Å². The molecular formula is C15H26N2O3. The number of urea groups is 1. The van der Waals surface area contributed by atoms with E-state index in [1.807, 2.05) is 6.92 Å². The second-order valence-corrected chi connectivity index (χ2v) is 6.32. The maximum atomic E-state index is 12.1. The molecule has 1 unspecified atom stereocenters. The summed E-state index contributed by atoms with van der Waals surface area (Å²) in [6.07, 6.45) is 6.58. The largest absolute Gasteiger partial charge is 0.481 e. The van der Waals surface area contributed by atoms with Gasteiger partial charge in [0.05, 0.1) is 5.41 Å². The highest BCUT2D eigenvalue weighted by Gasteiger charge is 2.42. The molecule has 2 aliphatic rings. The van der Waals surface area contributed by atoms with E-state index in [0.717, 1.165) is 25.2 Å². The number of rotatable bonds is 6.